The molecule has 0 radical (unpaired) electrons. The van der Waals surface area contributed by atoms with Crippen LogP contribution in [0.2, 0.25) is 0 Å². The minimum Gasteiger partial charge on any atom is -0.481 e. The molecule has 0 aliphatic heterocycles. The predicted molar refractivity (Wildman–Crippen MR) is 163 cm³/mol. The predicted octanol–water partition coefficient (Wildman–Crippen LogP) is 5.09. The molecule has 3 aromatic carbocycles. The van der Waals surface area contributed by atoms with Gasteiger partial charge in [0.25, 0.3) is 5.91 Å². The van der Waals surface area contributed by atoms with Crippen LogP contribution in [0.1, 0.15) is 77.4 Å². The number of anilines is 1. The highest BCUT2D eigenvalue weighted by Gasteiger charge is 2.23. The van der Waals surface area contributed by atoms with Crippen LogP contribution in [0, 0.1) is 0 Å². The van der Waals surface area contributed by atoms with Crippen molar-refractivity contribution in [2.45, 2.75) is 56.8 Å². The molecule has 10 nitrogen and oxygen atoms in total. The number of nitrogens with zero attached hydrogens (tertiary/aromatic N) is 4. The molecule has 5 rings (SSSR count). The lowest BCUT2D eigenvalue weighted by Gasteiger charge is -2.23. The first-order chi connectivity index (χ1) is 20.9. The largest absolute Gasteiger partial charge is 0.481 e. The van der Waals surface area contributed by atoms with Crippen LogP contribution in [0.15, 0.2) is 72.8 Å². The molecule has 1 aliphatic carbocycles. The van der Waals surface area contributed by atoms with Crippen LogP contribution in [-0.2, 0) is 23.1 Å². The summed E-state index contributed by atoms with van der Waals surface area (Å²) >= 11 is 0. The molecule has 0 saturated heterocycles. The highest BCUT2D eigenvalue weighted by atomic mass is 16.4. The fraction of sp³-hybridized carbons (Fsp3) is 0.333. The summed E-state index contributed by atoms with van der Waals surface area (Å²) < 4.78 is 0. The van der Waals surface area contributed by atoms with E-state index in [9.17, 15) is 14.4 Å². The normalized spacial score (nSPS) is 14.2. The SMILES string of the molecule is Cn1nnc(-c2cccc(NC(=O)C(Cc3ccc(C(=O)NCCC(=O)O)cc3)c3ccc(C4CCCCC4)cc3)c2)n1. The van der Waals surface area contributed by atoms with E-state index >= 15 is 0 Å². The molecule has 1 fully saturated rings. The monoisotopic (exact) mass is 580 g/mol. The van der Waals surface area contributed by atoms with Crippen LogP contribution < -0.4 is 10.6 Å². The first-order valence-electron chi connectivity index (χ1n) is 14.7. The highest BCUT2D eigenvalue weighted by Crippen LogP contribution is 2.34. The zero-order valence-corrected chi connectivity index (χ0v) is 24.2. The van der Waals surface area contributed by atoms with E-state index in [2.05, 4.69) is 50.3 Å². The van der Waals surface area contributed by atoms with E-state index in [1.165, 1.54) is 42.5 Å². The van der Waals surface area contributed by atoms with Gasteiger partial charge in [0.1, 0.15) is 0 Å². The zero-order valence-electron chi connectivity index (χ0n) is 24.2. The average molecular weight is 581 g/mol. The summed E-state index contributed by atoms with van der Waals surface area (Å²) in [6.45, 7) is 0.0587. The molecular formula is C33H36N6O4. The van der Waals surface area contributed by atoms with Crippen LogP contribution >= 0.6 is 0 Å². The van der Waals surface area contributed by atoms with Crippen LogP contribution in [0.25, 0.3) is 11.4 Å². The molecular weight excluding hydrogens is 544 g/mol. The number of rotatable bonds is 11. The second kappa shape index (κ2) is 13.9. The quantitative estimate of drug-likeness (QED) is 0.224. The third-order valence-corrected chi connectivity index (χ3v) is 7.91. The van der Waals surface area contributed by atoms with Crippen molar-refractivity contribution in [3.05, 3.63) is 95.1 Å². The fourth-order valence-corrected chi connectivity index (χ4v) is 5.58. The van der Waals surface area contributed by atoms with E-state index in [-0.39, 0.29) is 24.8 Å². The number of amides is 2. The smallest absolute Gasteiger partial charge is 0.305 e. The average Bonchev–Trinajstić information content (AvgIpc) is 3.47. The summed E-state index contributed by atoms with van der Waals surface area (Å²) in [6.07, 6.45) is 6.52. The molecule has 0 bridgehead atoms. The number of aryl methyl sites for hydroxylation is 1. The van der Waals surface area contributed by atoms with Crippen molar-refractivity contribution in [2.75, 3.05) is 11.9 Å². The summed E-state index contributed by atoms with van der Waals surface area (Å²) in [5.74, 6) is -0.886. The van der Waals surface area contributed by atoms with Crippen molar-refractivity contribution in [2.24, 2.45) is 7.05 Å². The Morgan fingerprint density at radius 2 is 1.72 bits per heavy atom. The summed E-state index contributed by atoms with van der Waals surface area (Å²) in [5.41, 5.74) is 4.95. The third-order valence-electron chi connectivity index (χ3n) is 7.91. The lowest BCUT2D eigenvalue weighted by Crippen LogP contribution is -2.26. The standard InChI is InChI=1S/C33H36N6O4/c1-39-37-31(36-38-39)27-8-5-9-28(21-27)35-33(43)29(25-16-14-24(15-17-25)23-6-3-2-4-7-23)20-22-10-12-26(13-11-22)32(42)34-19-18-30(40)41/h5,8-17,21,23,29H,2-4,6-7,18-20H2,1H3,(H,34,42)(H,35,43)(H,40,41). The summed E-state index contributed by atoms with van der Waals surface area (Å²) in [7, 11) is 1.70. The maximum Gasteiger partial charge on any atom is 0.305 e. The molecule has 1 atom stereocenters. The number of carboxylic acid groups (broad SMARTS) is 1. The highest BCUT2D eigenvalue weighted by molar-refractivity contribution is 5.97. The molecule has 10 heteroatoms. The van der Waals surface area contributed by atoms with Crippen molar-refractivity contribution in [3.8, 4) is 11.4 Å². The van der Waals surface area contributed by atoms with E-state index in [0.29, 0.717) is 29.4 Å². The molecule has 1 aromatic heterocycles. The number of benzene rings is 3. The Kier molecular flexibility index (Phi) is 9.56. The Morgan fingerprint density at radius 1 is 0.977 bits per heavy atom. The van der Waals surface area contributed by atoms with E-state index in [4.69, 9.17) is 5.11 Å². The first kappa shape index (κ1) is 29.6. The summed E-state index contributed by atoms with van der Waals surface area (Å²) in [4.78, 5) is 38.4. The second-order valence-corrected chi connectivity index (χ2v) is 11.0. The van der Waals surface area contributed by atoms with Gasteiger partial charge < -0.3 is 15.7 Å². The van der Waals surface area contributed by atoms with Gasteiger partial charge in [0.15, 0.2) is 0 Å². The molecule has 43 heavy (non-hydrogen) atoms. The number of carbonyl (C=O) groups is 3. The number of carboxylic acids is 1. The summed E-state index contributed by atoms with van der Waals surface area (Å²) in [6, 6.07) is 22.9. The Morgan fingerprint density at radius 3 is 2.40 bits per heavy atom. The number of hydrogen-bond acceptors (Lipinski definition) is 6. The van der Waals surface area contributed by atoms with Gasteiger partial charge in [0, 0.05) is 23.4 Å². The number of aromatic nitrogens is 4. The molecule has 0 spiro atoms. The van der Waals surface area contributed by atoms with Gasteiger partial charge in [-0.25, -0.2) is 0 Å². The maximum atomic E-state index is 13.8. The molecule has 222 valence electrons. The Labute approximate surface area is 250 Å². The van der Waals surface area contributed by atoms with E-state index in [1.54, 1.807) is 19.2 Å². The van der Waals surface area contributed by atoms with Gasteiger partial charge in [-0.3, -0.25) is 14.4 Å². The number of aliphatic carboxylic acids is 1. The lowest BCUT2D eigenvalue weighted by molar-refractivity contribution is -0.136. The maximum absolute atomic E-state index is 13.8. The number of carbonyl (C=O) groups excluding carboxylic acids is 2. The van der Waals surface area contributed by atoms with E-state index in [0.717, 1.165) is 16.7 Å². The Bertz CT molecular complexity index is 1560. The third kappa shape index (κ3) is 7.91. The van der Waals surface area contributed by atoms with Crippen molar-refractivity contribution >= 4 is 23.5 Å². The van der Waals surface area contributed by atoms with Gasteiger partial charge in [-0.05, 0) is 71.3 Å². The van der Waals surface area contributed by atoms with E-state index in [1.807, 2.05) is 36.4 Å². The van der Waals surface area contributed by atoms with Crippen LogP contribution in [0.4, 0.5) is 5.69 Å². The Hall–Kier alpha value is -4.86. The van der Waals surface area contributed by atoms with Gasteiger partial charge in [0.05, 0.1) is 19.4 Å². The van der Waals surface area contributed by atoms with Crippen molar-refractivity contribution in [1.29, 1.82) is 0 Å². The van der Waals surface area contributed by atoms with Crippen LogP contribution in [0.3, 0.4) is 0 Å². The summed E-state index contributed by atoms with van der Waals surface area (Å²) in [5, 5.41) is 26.7. The van der Waals surface area contributed by atoms with Gasteiger partial charge in [0.2, 0.25) is 11.7 Å². The van der Waals surface area contributed by atoms with Gasteiger partial charge in [-0.15, -0.1) is 10.2 Å². The lowest BCUT2D eigenvalue weighted by atomic mass is 9.83. The van der Waals surface area contributed by atoms with Crippen molar-refractivity contribution in [3.63, 3.8) is 0 Å². The van der Waals surface area contributed by atoms with Gasteiger partial charge in [-0.2, -0.15) is 4.80 Å². The van der Waals surface area contributed by atoms with Crippen LogP contribution in [0.5, 0.6) is 0 Å². The first-order valence-corrected chi connectivity index (χ1v) is 14.7. The molecule has 3 N–H and O–H groups in total. The minimum absolute atomic E-state index is 0.0587. The molecule has 2 amide bonds. The number of hydrogen-bond donors (Lipinski definition) is 3. The van der Waals surface area contributed by atoms with Crippen LogP contribution in [-0.4, -0.2) is 49.6 Å². The number of tetrazole rings is 1. The van der Waals surface area contributed by atoms with Crippen molar-refractivity contribution < 1.29 is 19.5 Å². The topological polar surface area (TPSA) is 139 Å². The molecule has 1 heterocycles. The van der Waals surface area contributed by atoms with Gasteiger partial charge >= 0.3 is 5.97 Å². The number of nitrogens with one attached hydrogen (secondary N) is 2. The molecule has 1 aliphatic rings. The zero-order chi connectivity index (χ0) is 30.2. The second-order valence-electron chi connectivity index (χ2n) is 11.0. The Balaban J connectivity index is 1.35. The minimum atomic E-state index is -0.969. The van der Waals surface area contributed by atoms with E-state index < -0.39 is 11.9 Å². The molecule has 1 unspecified atom stereocenters. The van der Waals surface area contributed by atoms with Gasteiger partial charge in [-0.1, -0.05) is 67.8 Å². The van der Waals surface area contributed by atoms with Crippen molar-refractivity contribution in [1.82, 2.24) is 25.5 Å². The molecule has 1 saturated carbocycles. The molecule has 4 aromatic rings. The fourth-order valence-electron chi connectivity index (χ4n) is 5.58.